The van der Waals surface area contributed by atoms with Gasteiger partial charge in [0.15, 0.2) is 22.8 Å². The molecule has 0 spiro atoms. The highest BCUT2D eigenvalue weighted by atomic mass is 32.2. The fourth-order valence-electron chi connectivity index (χ4n) is 4.06. The van der Waals surface area contributed by atoms with Gasteiger partial charge in [-0.3, -0.25) is 18.4 Å². The molecule has 1 aromatic carbocycles. The lowest BCUT2D eigenvalue weighted by Gasteiger charge is -2.27. The number of aliphatic hydroxyl groups excluding tert-OH is 2. The number of anilines is 1. The van der Waals surface area contributed by atoms with Crippen LogP contribution in [-0.2, 0) is 29.7 Å². The summed E-state index contributed by atoms with van der Waals surface area (Å²) in [6.07, 6.45) is -1.06. The van der Waals surface area contributed by atoms with Gasteiger partial charge in [0.1, 0.15) is 29.7 Å². The van der Waals surface area contributed by atoms with Crippen LogP contribution in [0.2, 0.25) is 0 Å². The molecule has 1 saturated heterocycles. The Morgan fingerprint density at radius 1 is 1.27 bits per heavy atom. The van der Waals surface area contributed by atoms with Gasteiger partial charge in [0.25, 0.3) is 0 Å². The summed E-state index contributed by atoms with van der Waals surface area (Å²) >= 11 is 0.953. The third kappa shape index (κ3) is 7.13. The zero-order valence-electron chi connectivity index (χ0n) is 22.9. The molecule has 2 unspecified atom stereocenters. The van der Waals surface area contributed by atoms with Crippen molar-refractivity contribution in [3.05, 3.63) is 48.5 Å². The molecule has 4 rings (SSSR count). The monoisotopic (exact) mass is 610 g/mol. The van der Waals surface area contributed by atoms with Gasteiger partial charge in [-0.05, 0) is 26.3 Å². The number of carbonyl (C=O) groups is 1. The Balaban J connectivity index is 1.44. The molecule has 0 radical (unpaired) electrons. The molecule has 1 fully saturated rings. The van der Waals surface area contributed by atoms with Gasteiger partial charge < -0.3 is 25.8 Å². The summed E-state index contributed by atoms with van der Waals surface area (Å²) in [5, 5.41) is 34.1. The van der Waals surface area contributed by atoms with Crippen molar-refractivity contribution in [2.75, 3.05) is 31.3 Å². The number of ether oxygens (including phenoxy) is 1. The van der Waals surface area contributed by atoms with Crippen LogP contribution in [0, 0.1) is 5.41 Å². The highest BCUT2D eigenvalue weighted by Gasteiger charge is 2.54. The number of nitrogens with one attached hydrogen (secondary N) is 1. The Bertz CT molecular complexity index is 1390. The van der Waals surface area contributed by atoms with E-state index in [2.05, 4.69) is 20.0 Å². The van der Waals surface area contributed by atoms with E-state index in [1.807, 2.05) is 30.3 Å². The summed E-state index contributed by atoms with van der Waals surface area (Å²) in [6.45, 7) is 3.99. The largest absolute Gasteiger partial charge is 0.405 e. The van der Waals surface area contributed by atoms with Gasteiger partial charge >= 0.3 is 7.75 Å². The fraction of sp³-hybridized carbons (Fsp3) is 0.520. The van der Waals surface area contributed by atoms with Gasteiger partial charge in [0, 0.05) is 12.3 Å². The first-order chi connectivity index (χ1) is 19.4. The number of nitrogens with two attached hydrogens (primary N) is 1. The van der Waals surface area contributed by atoms with Crippen LogP contribution in [0.25, 0.3) is 11.2 Å². The Kier molecular flexibility index (Phi) is 9.84. The molecule has 3 aromatic rings. The Labute approximate surface area is 241 Å². The zero-order chi connectivity index (χ0) is 29.8. The number of hydrogen-bond acceptors (Lipinski definition) is 13. The van der Waals surface area contributed by atoms with Crippen molar-refractivity contribution >= 4 is 41.6 Å². The van der Waals surface area contributed by atoms with Gasteiger partial charge in [0.2, 0.25) is 0 Å². The number of carbonyl (C=O) groups excluding carboxylic acids is 1. The molecule has 1 aliphatic rings. The van der Waals surface area contributed by atoms with Gasteiger partial charge in [-0.2, -0.15) is 0 Å². The maximum atomic E-state index is 13.7. The second kappa shape index (κ2) is 12.8. The molecule has 1 aliphatic heterocycles. The van der Waals surface area contributed by atoms with Crippen molar-refractivity contribution in [2.24, 2.45) is 5.41 Å². The first-order valence-electron chi connectivity index (χ1n) is 12.8. The number of rotatable bonds is 13. The highest BCUT2D eigenvalue weighted by molar-refractivity contribution is 8.13. The molecular formula is C25H35N6O8PS. The van der Waals surface area contributed by atoms with E-state index >= 15 is 0 Å². The van der Waals surface area contributed by atoms with Crippen molar-refractivity contribution in [1.29, 1.82) is 0 Å². The summed E-state index contributed by atoms with van der Waals surface area (Å²) in [6, 6.07) is 9.18. The quantitative estimate of drug-likeness (QED) is 0.138. The topological polar surface area (TPSA) is 204 Å². The van der Waals surface area contributed by atoms with E-state index < -0.39 is 43.8 Å². The molecule has 5 atom stereocenters. The van der Waals surface area contributed by atoms with Crippen molar-refractivity contribution in [3.63, 3.8) is 0 Å². The molecule has 0 bridgehead atoms. The number of aliphatic hydroxyl groups is 3. The van der Waals surface area contributed by atoms with Crippen LogP contribution in [0.3, 0.4) is 0 Å². The Morgan fingerprint density at radius 2 is 2.00 bits per heavy atom. The van der Waals surface area contributed by atoms with Crippen LogP contribution < -0.4 is 10.8 Å². The van der Waals surface area contributed by atoms with Gasteiger partial charge in [-0.15, -0.1) is 0 Å². The van der Waals surface area contributed by atoms with Gasteiger partial charge in [0.05, 0.1) is 31.6 Å². The van der Waals surface area contributed by atoms with E-state index in [-0.39, 0.29) is 36.4 Å². The average Bonchev–Trinajstić information content (AvgIpc) is 3.48. The molecule has 0 saturated carbocycles. The average molecular weight is 611 g/mol. The number of imidazole rings is 1. The van der Waals surface area contributed by atoms with E-state index in [1.165, 1.54) is 24.1 Å². The van der Waals surface area contributed by atoms with Crippen LogP contribution >= 0.6 is 19.5 Å². The SMILES string of the molecule is CC(C)(CO)C(=O)SCCOP(=O)(NCc1ccccc1)OC[C@H]1O[C@H](n2cnc3c(N)ncnc32)[C@@](C)(O)C1O. The lowest BCUT2D eigenvalue weighted by molar-refractivity contribution is -0.119. The highest BCUT2D eigenvalue weighted by Crippen LogP contribution is 2.47. The summed E-state index contributed by atoms with van der Waals surface area (Å²) in [5.41, 5.74) is 4.57. The van der Waals surface area contributed by atoms with Crippen LogP contribution in [0.1, 0.15) is 32.6 Å². The van der Waals surface area contributed by atoms with Crippen LogP contribution in [-0.4, -0.2) is 83.3 Å². The van der Waals surface area contributed by atoms with E-state index in [9.17, 15) is 24.7 Å². The Hall–Kier alpha value is -2.46. The molecule has 2 aromatic heterocycles. The normalized spacial score (nSPS) is 24.5. The molecule has 3 heterocycles. The minimum absolute atomic E-state index is 0.104. The van der Waals surface area contributed by atoms with Crippen molar-refractivity contribution in [3.8, 4) is 0 Å². The molecule has 41 heavy (non-hydrogen) atoms. The maximum absolute atomic E-state index is 13.7. The number of hydrogen-bond donors (Lipinski definition) is 5. The number of fused-ring (bicyclic) bond motifs is 1. The zero-order valence-corrected chi connectivity index (χ0v) is 24.6. The number of thioether (sulfide) groups is 1. The summed E-state index contributed by atoms with van der Waals surface area (Å²) in [4.78, 5) is 24.6. The second-order valence-electron chi connectivity index (χ2n) is 10.4. The molecule has 14 nitrogen and oxygen atoms in total. The predicted octanol–water partition coefficient (Wildman–Crippen LogP) is 1.63. The minimum Gasteiger partial charge on any atom is -0.395 e. The van der Waals surface area contributed by atoms with E-state index in [4.69, 9.17) is 19.5 Å². The Morgan fingerprint density at radius 3 is 2.71 bits per heavy atom. The molecular weight excluding hydrogens is 575 g/mol. The van der Waals surface area contributed by atoms with Crippen molar-refractivity contribution in [1.82, 2.24) is 24.6 Å². The lowest BCUT2D eigenvalue weighted by atomic mass is 9.96. The summed E-state index contributed by atoms with van der Waals surface area (Å²) in [7, 11) is -3.99. The summed E-state index contributed by atoms with van der Waals surface area (Å²) < 4.78 is 32.4. The maximum Gasteiger partial charge on any atom is 0.405 e. The molecule has 16 heteroatoms. The minimum atomic E-state index is -3.99. The second-order valence-corrected chi connectivity index (χ2v) is 13.3. The number of nitrogens with zero attached hydrogens (tertiary/aromatic N) is 4. The summed E-state index contributed by atoms with van der Waals surface area (Å²) in [5.74, 6) is 0.315. The van der Waals surface area contributed by atoms with E-state index in [0.29, 0.717) is 11.2 Å². The van der Waals surface area contributed by atoms with Crippen LogP contribution in [0.5, 0.6) is 0 Å². The third-order valence-electron chi connectivity index (χ3n) is 6.65. The third-order valence-corrected chi connectivity index (χ3v) is 9.39. The lowest BCUT2D eigenvalue weighted by Crippen LogP contribution is -2.44. The smallest absolute Gasteiger partial charge is 0.395 e. The van der Waals surface area contributed by atoms with Crippen molar-refractivity contribution in [2.45, 2.75) is 51.4 Å². The molecule has 6 N–H and O–H groups in total. The van der Waals surface area contributed by atoms with E-state index in [0.717, 1.165) is 17.3 Å². The van der Waals surface area contributed by atoms with E-state index in [1.54, 1.807) is 13.8 Å². The standard InChI is InChI=1S/C25H35N6O8PS/c1-24(2,13-32)23(34)41-10-9-37-40(36,30-11-16-7-5-4-6-8-16)38-12-17-19(33)25(3,35)22(39-17)31-15-29-18-20(26)27-14-28-21(18)31/h4-8,14-15,17,19,22,32-33,35H,9-13H2,1-3H3,(H,30,36)(H2,26,27,28)/t17-,19?,22+,25+,40?/m1/s1. The fourth-order valence-corrected chi connectivity index (χ4v) is 6.29. The molecule has 224 valence electrons. The van der Waals surface area contributed by atoms with Gasteiger partial charge in [-0.25, -0.2) is 24.6 Å². The van der Waals surface area contributed by atoms with Crippen LogP contribution in [0.15, 0.2) is 43.0 Å². The number of nitrogen functional groups attached to an aromatic ring is 1. The number of aromatic nitrogens is 4. The first kappa shape index (κ1) is 31.5. The number of benzene rings is 1. The first-order valence-corrected chi connectivity index (χ1v) is 15.4. The van der Waals surface area contributed by atoms with Crippen molar-refractivity contribution < 1.29 is 38.5 Å². The van der Waals surface area contributed by atoms with Crippen LogP contribution in [0.4, 0.5) is 5.82 Å². The van der Waals surface area contributed by atoms with Gasteiger partial charge in [-0.1, -0.05) is 42.1 Å². The molecule has 0 aliphatic carbocycles. The predicted molar refractivity (Wildman–Crippen MR) is 151 cm³/mol. The molecule has 0 amide bonds.